The van der Waals surface area contributed by atoms with Gasteiger partial charge in [-0.15, -0.1) is 0 Å². The summed E-state index contributed by atoms with van der Waals surface area (Å²) in [6, 6.07) is 15.5. The molecule has 1 heterocycles. The Morgan fingerprint density at radius 2 is 1.89 bits per heavy atom. The average molecular weight is 385 g/mol. The molecule has 0 spiro atoms. The molecule has 0 bridgehead atoms. The zero-order valence-corrected chi connectivity index (χ0v) is 16.7. The molecule has 0 aromatic heterocycles. The second-order valence-corrected chi connectivity index (χ2v) is 7.74. The van der Waals surface area contributed by atoms with Crippen LogP contribution in [0.1, 0.15) is 31.4 Å². The largest absolute Gasteiger partial charge is 0.336 e. The molecular formula is C22H25ClN2O2. The van der Waals surface area contributed by atoms with Gasteiger partial charge in [-0.05, 0) is 44.0 Å². The van der Waals surface area contributed by atoms with Gasteiger partial charge >= 0.3 is 0 Å². The van der Waals surface area contributed by atoms with Gasteiger partial charge in [0.25, 0.3) is 0 Å². The lowest BCUT2D eigenvalue weighted by molar-refractivity contribution is -0.138. The quantitative estimate of drug-likeness (QED) is 0.764. The van der Waals surface area contributed by atoms with E-state index < -0.39 is 0 Å². The molecule has 2 aromatic carbocycles. The predicted molar refractivity (Wildman–Crippen MR) is 109 cm³/mol. The Bertz CT molecular complexity index is 835. The van der Waals surface area contributed by atoms with Crippen LogP contribution in [-0.2, 0) is 16.1 Å². The number of nitrogens with zero attached hydrogens (tertiary/aromatic N) is 2. The van der Waals surface area contributed by atoms with Gasteiger partial charge in [0.05, 0.1) is 5.92 Å². The minimum atomic E-state index is -0.331. The van der Waals surface area contributed by atoms with Crippen molar-refractivity contribution < 1.29 is 9.59 Å². The maximum atomic E-state index is 13.2. The van der Waals surface area contributed by atoms with E-state index in [-0.39, 0.29) is 30.2 Å². The van der Waals surface area contributed by atoms with Crippen LogP contribution in [0, 0.1) is 12.8 Å². The van der Waals surface area contributed by atoms with Crippen LogP contribution in [-0.4, -0.2) is 29.3 Å². The van der Waals surface area contributed by atoms with E-state index >= 15 is 0 Å². The number of benzene rings is 2. The summed E-state index contributed by atoms with van der Waals surface area (Å²) >= 11 is 6.21. The molecule has 142 valence electrons. The summed E-state index contributed by atoms with van der Waals surface area (Å²) in [6.45, 7) is 6.87. The second-order valence-electron chi connectivity index (χ2n) is 7.33. The number of hydrogen-bond acceptors (Lipinski definition) is 2. The van der Waals surface area contributed by atoms with Crippen LogP contribution in [0.5, 0.6) is 0 Å². The fraction of sp³-hybridized carbons (Fsp3) is 0.364. The minimum absolute atomic E-state index is 0.0258. The summed E-state index contributed by atoms with van der Waals surface area (Å²) in [6.07, 6.45) is 0.239. The Morgan fingerprint density at radius 3 is 2.56 bits per heavy atom. The van der Waals surface area contributed by atoms with Gasteiger partial charge in [0.2, 0.25) is 11.8 Å². The zero-order valence-electron chi connectivity index (χ0n) is 16.0. The van der Waals surface area contributed by atoms with E-state index in [2.05, 4.69) is 0 Å². The minimum Gasteiger partial charge on any atom is -0.336 e. The molecule has 0 aliphatic carbocycles. The van der Waals surface area contributed by atoms with Crippen LogP contribution in [0.15, 0.2) is 48.5 Å². The van der Waals surface area contributed by atoms with E-state index in [1.165, 1.54) is 0 Å². The molecule has 3 rings (SSSR count). The lowest BCUT2D eigenvalue weighted by Crippen LogP contribution is -2.41. The summed E-state index contributed by atoms with van der Waals surface area (Å²) in [5.74, 6) is -0.325. The number of rotatable bonds is 5. The van der Waals surface area contributed by atoms with Crippen molar-refractivity contribution in [3.63, 3.8) is 0 Å². The van der Waals surface area contributed by atoms with Gasteiger partial charge in [-0.3, -0.25) is 9.59 Å². The first-order valence-electron chi connectivity index (χ1n) is 9.28. The first-order valence-corrected chi connectivity index (χ1v) is 9.66. The Morgan fingerprint density at radius 1 is 1.19 bits per heavy atom. The maximum Gasteiger partial charge on any atom is 0.228 e. The number of hydrogen-bond donors (Lipinski definition) is 0. The van der Waals surface area contributed by atoms with Gasteiger partial charge in [0, 0.05) is 36.3 Å². The molecule has 0 saturated carbocycles. The van der Waals surface area contributed by atoms with Gasteiger partial charge in [-0.1, -0.05) is 48.0 Å². The third kappa shape index (κ3) is 4.16. The first-order chi connectivity index (χ1) is 12.9. The molecule has 1 saturated heterocycles. The van der Waals surface area contributed by atoms with Gasteiger partial charge in [-0.2, -0.15) is 0 Å². The molecule has 2 aromatic rings. The van der Waals surface area contributed by atoms with E-state index in [0.717, 1.165) is 16.8 Å². The van der Waals surface area contributed by atoms with Crippen molar-refractivity contribution in [2.24, 2.45) is 5.92 Å². The van der Waals surface area contributed by atoms with Crippen molar-refractivity contribution in [2.45, 2.75) is 39.8 Å². The summed E-state index contributed by atoms with van der Waals surface area (Å²) < 4.78 is 0. The van der Waals surface area contributed by atoms with E-state index in [1.54, 1.807) is 4.90 Å². The summed E-state index contributed by atoms with van der Waals surface area (Å²) in [4.78, 5) is 29.4. The lowest BCUT2D eigenvalue weighted by Gasteiger charge is -2.29. The van der Waals surface area contributed by atoms with Crippen LogP contribution in [0.2, 0.25) is 5.02 Å². The molecule has 1 aliphatic rings. The summed E-state index contributed by atoms with van der Waals surface area (Å²) in [7, 11) is 0. The van der Waals surface area contributed by atoms with Gasteiger partial charge in [-0.25, -0.2) is 0 Å². The number of anilines is 1. The molecule has 27 heavy (non-hydrogen) atoms. The van der Waals surface area contributed by atoms with Crippen LogP contribution < -0.4 is 4.90 Å². The summed E-state index contributed by atoms with van der Waals surface area (Å²) in [5, 5.41) is 0.628. The van der Waals surface area contributed by atoms with Gasteiger partial charge < -0.3 is 9.80 Å². The first kappa shape index (κ1) is 19.4. The number of halogens is 1. The second kappa shape index (κ2) is 8.13. The fourth-order valence-corrected chi connectivity index (χ4v) is 3.69. The molecule has 0 radical (unpaired) electrons. The topological polar surface area (TPSA) is 40.6 Å². The van der Waals surface area contributed by atoms with Crippen LogP contribution in [0.4, 0.5) is 5.69 Å². The van der Waals surface area contributed by atoms with Crippen LogP contribution in [0.3, 0.4) is 0 Å². The standard InChI is InChI=1S/C22H25ClN2O2/c1-15(2)24(13-17-8-5-4-6-9-17)22(27)18-12-21(26)25(14-18)20-11-7-10-19(23)16(20)3/h4-11,15,18H,12-14H2,1-3H3. The molecular weight excluding hydrogens is 360 g/mol. The highest BCUT2D eigenvalue weighted by Gasteiger charge is 2.38. The van der Waals surface area contributed by atoms with Crippen LogP contribution in [0.25, 0.3) is 0 Å². The van der Waals surface area contributed by atoms with Gasteiger partial charge in [0.15, 0.2) is 0 Å². The van der Waals surface area contributed by atoms with Crippen LogP contribution >= 0.6 is 11.6 Å². The third-order valence-corrected chi connectivity index (χ3v) is 5.52. The molecule has 1 fully saturated rings. The normalized spacial score (nSPS) is 16.9. The third-order valence-electron chi connectivity index (χ3n) is 5.11. The Hall–Kier alpha value is -2.33. The Kier molecular flexibility index (Phi) is 5.85. The monoisotopic (exact) mass is 384 g/mol. The molecule has 1 unspecified atom stereocenters. The van der Waals surface area contributed by atoms with E-state index in [0.29, 0.717) is 18.1 Å². The van der Waals surface area contributed by atoms with Crippen molar-refractivity contribution in [2.75, 3.05) is 11.4 Å². The van der Waals surface area contributed by atoms with Crippen molar-refractivity contribution in [1.29, 1.82) is 0 Å². The number of carbonyl (C=O) groups excluding carboxylic acids is 2. The highest BCUT2D eigenvalue weighted by Crippen LogP contribution is 2.32. The average Bonchev–Trinajstić information content (AvgIpc) is 3.03. The smallest absolute Gasteiger partial charge is 0.228 e. The van der Waals surface area contributed by atoms with Crippen molar-refractivity contribution in [3.8, 4) is 0 Å². The molecule has 1 atom stereocenters. The molecule has 0 N–H and O–H groups in total. The maximum absolute atomic E-state index is 13.2. The van der Waals surface area contributed by atoms with Crippen molar-refractivity contribution >= 4 is 29.1 Å². The number of carbonyl (C=O) groups is 2. The van der Waals surface area contributed by atoms with Crippen molar-refractivity contribution in [1.82, 2.24) is 4.90 Å². The fourth-order valence-electron chi connectivity index (χ4n) is 3.52. The van der Waals surface area contributed by atoms with E-state index in [1.807, 2.05) is 74.2 Å². The molecule has 4 nitrogen and oxygen atoms in total. The molecule has 1 aliphatic heterocycles. The molecule has 5 heteroatoms. The lowest BCUT2D eigenvalue weighted by atomic mass is 10.0. The summed E-state index contributed by atoms with van der Waals surface area (Å²) in [5.41, 5.74) is 2.75. The highest BCUT2D eigenvalue weighted by atomic mass is 35.5. The van der Waals surface area contributed by atoms with Gasteiger partial charge in [0.1, 0.15) is 0 Å². The predicted octanol–water partition coefficient (Wildman–Crippen LogP) is 4.44. The van der Waals surface area contributed by atoms with E-state index in [9.17, 15) is 9.59 Å². The SMILES string of the molecule is Cc1c(Cl)cccc1N1CC(C(=O)N(Cc2ccccc2)C(C)C)CC1=O. The van der Waals surface area contributed by atoms with E-state index in [4.69, 9.17) is 11.6 Å². The molecule has 2 amide bonds. The zero-order chi connectivity index (χ0) is 19.6. The Balaban J connectivity index is 1.78. The van der Waals surface area contributed by atoms with Crippen molar-refractivity contribution in [3.05, 3.63) is 64.7 Å². The highest BCUT2D eigenvalue weighted by molar-refractivity contribution is 6.31. The Labute approximate surface area is 165 Å². The number of amides is 2.